The molecule has 0 amide bonds. The van der Waals surface area contributed by atoms with E-state index in [0.29, 0.717) is 0 Å². The van der Waals surface area contributed by atoms with E-state index >= 15 is 0 Å². The van der Waals surface area contributed by atoms with Crippen molar-refractivity contribution >= 4 is 35.2 Å². The second kappa shape index (κ2) is 14.9. The van der Waals surface area contributed by atoms with Crippen LogP contribution in [-0.2, 0) is 34.0 Å². The van der Waals surface area contributed by atoms with Gasteiger partial charge in [0.2, 0.25) is 5.95 Å². The third-order valence-electron chi connectivity index (χ3n) is 5.41. The summed E-state index contributed by atoms with van der Waals surface area (Å²) in [7, 11) is 3.91. The average molecular weight is 563 g/mol. The van der Waals surface area contributed by atoms with Crippen LogP contribution in [-0.4, -0.2) is 89.0 Å². The molecule has 0 fully saturated rings. The van der Waals surface area contributed by atoms with Gasteiger partial charge in [0.15, 0.2) is 5.60 Å². The van der Waals surface area contributed by atoms with Crippen LogP contribution < -0.4 is 4.90 Å². The van der Waals surface area contributed by atoms with Gasteiger partial charge in [-0.3, -0.25) is 14.5 Å². The van der Waals surface area contributed by atoms with E-state index in [4.69, 9.17) is 20.4 Å². The molecule has 0 radical (unpaired) electrons. The van der Waals surface area contributed by atoms with Crippen LogP contribution in [0, 0.1) is 6.92 Å². The molecule has 212 valence electrons. The highest BCUT2D eigenvalue weighted by molar-refractivity contribution is 7.11. The number of hydrogen-bond acceptors (Lipinski definition) is 10. The predicted molar refractivity (Wildman–Crippen MR) is 143 cm³/mol. The van der Waals surface area contributed by atoms with Crippen molar-refractivity contribution < 1.29 is 34.8 Å². The number of aliphatic hydroxyl groups is 1. The molecular weight excluding hydrogens is 528 g/mol. The Bertz CT molecular complexity index is 1180. The molecule has 0 aliphatic carbocycles. The van der Waals surface area contributed by atoms with Gasteiger partial charge in [-0.1, -0.05) is 0 Å². The summed E-state index contributed by atoms with van der Waals surface area (Å²) in [5.41, 5.74) is -1.59. The number of carboxylic acids is 3. The topological polar surface area (TPSA) is 182 Å². The van der Waals surface area contributed by atoms with Crippen molar-refractivity contribution in [3.63, 3.8) is 0 Å². The van der Waals surface area contributed by atoms with Crippen LogP contribution in [0.5, 0.6) is 0 Å². The van der Waals surface area contributed by atoms with Gasteiger partial charge in [0.1, 0.15) is 0 Å². The summed E-state index contributed by atoms with van der Waals surface area (Å²) in [6, 6.07) is 4.42. The number of aromatic nitrogens is 4. The number of nitrogens with zero attached hydrogens (tertiary/aromatic N) is 6. The molecule has 3 heterocycles. The van der Waals surface area contributed by atoms with E-state index in [1.54, 1.807) is 0 Å². The summed E-state index contributed by atoms with van der Waals surface area (Å²) >= 11 is 1.87. The second-order valence-corrected chi connectivity index (χ2v) is 10.5. The lowest BCUT2D eigenvalue weighted by molar-refractivity contribution is -0.170. The van der Waals surface area contributed by atoms with Crippen molar-refractivity contribution in [3.05, 3.63) is 58.6 Å². The van der Waals surface area contributed by atoms with Crippen LogP contribution in [0.15, 0.2) is 43.2 Å². The molecule has 0 aliphatic heterocycles. The van der Waals surface area contributed by atoms with Gasteiger partial charge < -0.3 is 29.9 Å². The summed E-state index contributed by atoms with van der Waals surface area (Å²) in [5, 5.41) is 33.8. The molecule has 0 saturated heterocycles. The Hall–Kier alpha value is -3.88. The predicted octanol–water partition coefficient (Wildman–Crippen LogP) is 1.95. The highest BCUT2D eigenvalue weighted by atomic mass is 32.1. The molecular formula is C25H34N6O7S. The first-order chi connectivity index (χ1) is 18.4. The largest absolute Gasteiger partial charge is 0.481 e. The first-order valence-corrected chi connectivity index (χ1v) is 12.8. The highest BCUT2D eigenvalue weighted by Gasteiger charge is 2.40. The molecule has 0 spiro atoms. The lowest BCUT2D eigenvalue weighted by Gasteiger charge is -2.22. The minimum atomic E-state index is -2.74. The van der Waals surface area contributed by atoms with Crippen LogP contribution in [0.3, 0.4) is 0 Å². The summed E-state index contributed by atoms with van der Waals surface area (Å²) in [4.78, 5) is 50.6. The smallest absolute Gasteiger partial charge is 0.336 e. The fraction of sp³-hybridized carbons (Fsp3) is 0.440. The number of thiophene rings is 1. The molecule has 0 aromatic carbocycles. The van der Waals surface area contributed by atoms with Gasteiger partial charge in [0, 0.05) is 80.4 Å². The van der Waals surface area contributed by atoms with E-state index in [-0.39, 0.29) is 0 Å². The number of carbonyl (C=O) groups is 3. The average Bonchev–Trinajstić information content (AvgIpc) is 3.50. The number of carboxylic acid groups (broad SMARTS) is 3. The van der Waals surface area contributed by atoms with Crippen molar-refractivity contribution in [2.24, 2.45) is 0 Å². The lowest BCUT2D eigenvalue weighted by Crippen LogP contribution is -2.42. The Morgan fingerprint density at radius 2 is 1.67 bits per heavy atom. The second-order valence-electron chi connectivity index (χ2n) is 9.14. The van der Waals surface area contributed by atoms with Gasteiger partial charge in [-0.15, -0.1) is 11.3 Å². The number of anilines is 1. The third kappa shape index (κ3) is 11.2. The van der Waals surface area contributed by atoms with Crippen molar-refractivity contribution in [1.29, 1.82) is 0 Å². The first-order valence-electron chi connectivity index (χ1n) is 12.0. The molecule has 39 heavy (non-hydrogen) atoms. The van der Waals surface area contributed by atoms with Gasteiger partial charge in [-0.2, -0.15) is 0 Å². The fourth-order valence-electron chi connectivity index (χ4n) is 3.53. The van der Waals surface area contributed by atoms with E-state index < -0.39 is 36.4 Å². The molecule has 0 bridgehead atoms. The summed E-state index contributed by atoms with van der Waals surface area (Å²) in [5.74, 6) is -4.27. The number of aryl methyl sites for hydroxylation is 2. The van der Waals surface area contributed by atoms with Gasteiger partial charge in [0.05, 0.1) is 19.2 Å². The van der Waals surface area contributed by atoms with E-state index in [0.717, 1.165) is 44.1 Å². The summed E-state index contributed by atoms with van der Waals surface area (Å²) < 4.78 is 2.13. The zero-order valence-corrected chi connectivity index (χ0v) is 22.9. The highest BCUT2D eigenvalue weighted by Crippen LogP contribution is 2.19. The molecule has 3 aromatic rings. The first kappa shape index (κ1) is 31.3. The quantitative estimate of drug-likeness (QED) is 0.224. The van der Waals surface area contributed by atoms with E-state index in [1.807, 2.05) is 61.4 Å². The minimum absolute atomic E-state index is 0.745. The van der Waals surface area contributed by atoms with Crippen molar-refractivity contribution in [2.45, 2.75) is 51.4 Å². The molecule has 0 aliphatic rings. The molecule has 13 nitrogen and oxygen atoms in total. The maximum atomic E-state index is 10.3. The normalized spacial score (nSPS) is 11.1. The van der Waals surface area contributed by atoms with E-state index in [1.165, 1.54) is 9.75 Å². The van der Waals surface area contributed by atoms with E-state index in [9.17, 15) is 14.4 Å². The fourth-order valence-corrected chi connectivity index (χ4v) is 4.47. The molecule has 3 aromatic heterocycles. The lowest BCUT2D eigenvalue weighted by atomic mass is 9.96. The van der Waals surface area contributed by atoms with Gasteiger partial charge in [-0.25, -0.2) is 19.7 Å². The standard InChI is InChI=1S/C19H26N6S.C6H8O7/c1-16-5-6-18(26-16)14-25(9-4-8-24-10-7-20-15-24)13-17-11-21-19(22-12-17)23(2)3;7-3(8)1-6(13,5(11)12)2-4(9)10/h5-7,10-12,15H,4,8-9,13-14H2,1-3H3;13H,1-2H2,(H,7,8)(H,9,10)(H,11,12). The number of rotatable bonds is 14. The van der Waals surface area contributed by atoms with Crippen LogP contribution in [0.2, 0.25) is 0 Å². The number of aliphatic carboxylic acids is 3. The Morgan fingerprint density at radius 1 is 1.03 bits per heavy atom. The minimum Gasteiger partial charge on any atom is -0.481 e. The van der Waals surface area contributed by atoms with Crippen molar-refractivity contribution in [2.75, 3.05) is 25.5 Å². The van der Waals surface area contributed by atoms with Gasteiger partial charge in [-0.05, 0) is 25.5 Å². The van der Waals surface area contributed by atoms with Gasteiger partial charge in [0.25, 0.3) is 0 Å². The number of imidazole rings is 1. The van der Waals surface area contributed by atoms with Gasteiger partial charge >= 0.3 is 17.9 Å². The molecule has 0 saturated carbocycles. The Labute approximate surface area is 230 Å². The summed E-state index contributed by atoms with van der Waals surface area (Å²) in [6.45, 7) is 5.97. The maximum Gasteiger partial charge on any atom is 0.336 e. The Morgan fingerprint density at radius 3 is 2.13 bits per heavy atom. The Kier molecular flexibility index (Phi) is 12.0. The third-order valence-corrected chi connectivity index (χ3v) is 6.39. The zero-order chi connectivity index (χ0) is 29.0. The van der Waals surface area contributed by atoms with Crippen molar-refractivity contribution in [3.8, 4) is 0 Å². The van der Waals surface area contributed by atoms with Crippen LogP contribution in [0.1, 0.15) is 34.6 Å². The van der Waals surface area contributed by atoms with Crippen LogP contribution in [0.4, 0.5) is 5.95 Å². The maximum absolute atomic E-state index is 10.3. The molecule has 4 N–H and O–H groups in total. The van der Waals surface area contributed by atoms with Crippen LogP contribution >= 0.6 is 11.3 Å². The monoisotopic (exact) mass is 562 g/mol. The molecule has 3 rings (SSSR count). The Balaban J connectivity index is 0.000000349. The van der Waals surface area contributed by atoms with E-state index in [2.05, 4.69) is 43.5 Å². The SMILES string of the molecule is Cc1ccc(CN(CCCn2ccnc2)Cc2cnc(N(C)C)nc2)s1.O=C(O)CC(O)(CC(=O)O)C(=O)O. The number of hydrogen-bond donors (Lipinski definition) is 4. The molecule has 0 atom stereocenters. The van der Waals surface area contributed by atoms with Crippen molar-refractivity contribution in [1.82, 2.24) is 24.4 Å². The van der Waals surface area contributed by atoms with Crippen LogP contribution in [0.25, 0.3) is 0 Å². The molecule has 14 heteroatoms. The summed E-state index contributed by atoms with van der Waals surface area (Å²) in [6.07, 6.45) is 8.38. The zero-order valence-electron chi connectivity index (χ0n) is 22.1. The molecule has 0 unspecified atom stereocenters.